The lowest BCUT2D eigenvalue weighted by atomic mass is 9.90. The maximum absolute atomic E-state index is 12.4. The smallest absolute Gasteiger partial charge is 0.311 e. The van der Waals surface area contributed by atoms with Crippen molar-refractivity contribution < 1.29 is 14.3 Å². The second-order valence-electron chi connectivity index (χ2n) is 5.16. The zero-order valence-corrected chi connectivity index (χ0v) is 11.8. The Morgan fingerprint density at radius 1 is 1.40 bits per heavy atom. The predicted octanol–water partition coefficient (Wildman–Crippen LogP) is 2.01. The first-order chi connectivity index (χ1) is 9.54. The van der Waals surface area contributed by atoms with Crippen LogP contribution < -0.4 is 0 Å². The summed E-state index contributed by atoms with van der Waals surface area (Å²) in [5.41, 5.74) is 1.76. The fourth-order valence-corrected chi connectivity index (χ4v) is 2.66. The number of hydrogen-bond acceptors (Lipinski definition) is 3. The van der Waals surface area contributed by atoms with E-state index in [1.165, 1.54) is 7.11 Å². The van der Waals surface area contributed by atoms with E-state index in [0.29, 0.717) is 18.7 Å². The van der Waals surface area contributed by atoms with E-state index in [1.807, 2.05) is 30.3 Å². The Balaban J connectivity index is 2.18. The van der Waals surface area contributed by atoms with Crippen LogP contribution in [0.15, 0.2) is 42.5 Å². The third-order valence-corrected chi connectivity index (χ3v) is 3.65. The molecule has 4 heteroatoms. The number of rotatable bonds is 4. The van der Waals surface area contributed by atoms with E-state index in [9.17, 15) is 9.59 Å². The second kappa shape index (κ2) is 5.90. The molecule has 0 aromatic heterocycles. The lowest BCUT2D eigenvalue weighted by molar-refractivity contribution is -0.146. The molecule has 1 aliphatic heterocycles. The highest BCUT2D eigenvalue weighted by molar-refractivity contribution is 5.91. The van der Waals surface area contributed by atoms with Crippen LogP contribution in [-0.4, -0.2) is 30.4 Å². The van der Waals surface area contributed by atoms with Crippen molar-refractivity contribution in [3.8, 4) is 0 Å². The minimum Gasteiger partial charge on any atom is -0.469 e. The summed E-state index contributed by atoms with van der Waals surface area (Å²) in [4.78, 5) is 26.0. The van der Waals surface area contributed by atoms with Gasteiger partial charge in [0.15, 0.2) is 0 Å². The van der Waals surface area contributed by atoms with Gasteiger partial charge in [-0.2, -0.15) is 0 Å². The van der Waals surface area contributed by atoms with Crippen molar-refractivity contribution in [2.24, 2.45) is 11.8 Å². The molecule has 1 aromatic carbocycles. The van der Waals surface area contributed by atoms with Crippen LogP contribution in [0.25, 0.3) is 0 Å². The molecule has 4 nitrogen and oxygen atoms in total. The Hall–Kier alpha value is -2.10. The summed E-state index contributed by atoms with van der Waals surface area (Å²) in [6.07, 6.45) is 0. The highest BCUT2D eigenvalue weighted by atomic mass is 16.5. The fraction of sp³-hybridized carbons (Fsp3) is 0.375. The largest absolute Gasteiger partial charge is 0.469 e. The summed E-state index contributed by atoms with van der Waals surface area (Å²) < 4.78 is 4.80. The molecule has 1 fully saturated rings. The first kappa shape index (κ1) is 14.3. The maximum Gasteiger partial charge on any atom is 0.311 e. The van der Waals surface area contributed by atoms with Gasteiger partial charge in [-0.1, -0.05) is 42.5 Å². The number of esters is 1. The van der Waals surface area contributed by atoms with Crippen LogP contribution in [0.3, 0.4) is 0 Å². The van der Waals surface area contributed by atoms with E-state index < -0.39 is 11.8 Å². The van der Waals surface area contributed by atoms with E-state index in [0.717, 1.165) is 5.56 Å². The standard InChI is InChI=1S/C16H19NO3/c1-11(2)14-13(16(19)20-3)10-17(15(14)18)9-12-7-5-4-6-8-12/h4-8,13-14H,1,9-10H2,2-3H3. The molecule has 2 rings (SSSR count). The van der Waals surface area contributed by atoms with Gasteiger partial charge >= 0.3 is 5.97 Å². The summed E-state index contributed by atoms with van der Waals surface area (Å²) in [5, 5.41) is 0. The van der Waals surface area contributed by atoms with E-state index >= 15 is 0 Å². The topological polar surface area (TPSA) is 46.6 Å². The van der Waals surface area contributed by atoms with Gasteiger partial charge in [-0.15, -0.1) is 0 Å². The third-order valence-electron chi connectivity index (χ3n) is 3.65. The molecule has 1 heterocycles. The van der Waals surface area contributed by atoms with Crippen molar-refractivity contribution in [3.63, 3.8) is 0 Å². The van der Waals surface area contributed by atoms with Crippen LogP contribution in [0.4, 0.5) is 0 Å². The van der Waals surface area contributed by atoms with Crippen LogP contribution in [0.1, 0.15) is 12.5 Å². The van der Waals surface area contributed by atoms with E-state index in [4.69, 9.17) is 4.74 Å². The molecular weight excluding hydrogens is 254 g/mol. The first-order valence-electron chi connectivity index (χ1n) is 6.60. The quantitative estimate of drug-likeness (QED) is 0.623. The Morgan fingerprint density at radius 2 is 2.05 bits per heavy atom. The van der Waals surface area contributed by atoms with Gasteiger partial charge in [-0.25, -0.2) is 0 Å². The van der Waals surface area contributed by atoms with Crippen molar-refractivity contribution in [1.29, 1.82) is 0 Å². The van der Waals surface area contributed by atoms with Crippen molar-refractivity contribution in [3.05, 3.63) is 48.0 Å². The lowest BCUT2D eigenvalue weighted by Crippen LogP contribution is -2.27. The number of amides is 1. The number of hydrogen-bond donors (Lipinski definition) is 0. The SMILES string of the molecule is C=C(C)C1C(=O)N(Cc2ccccc2)CC1C(=O)OC. The highest BCUT2D eigenvalue weighted by Gasteiger charge is 2.45. The van der Waals surface area contributed by atoms with E-state index in [1.54, 1.807) is 11.8 Å². The van der Waals surface area contributed by atoms with E-state index in [2.05, 4.69) is 6.58 Å². The molecule has 20 heavy (non-hydrogen) atoms. The van der Waals surface area contributed by atoms with Gasteiger partial charge in [-0.05, 0) is 12.5 Å². The van der Waals surface area contributed by atoms with Gasteiger partial charge in [-0.3, -0.25) is 9.59 Å². The highest BCUT2D eigenvalue weighted by Crippen LogP contribution is 2.31. The summed E-state index contributed by atoms with van der Waals surface area (Å²) in [7, 11) is 1.35. The third kappa shape index (κ3) is 2.74. The molecule has 1 aliphatic rings. The normalized spacial score (nSPS) is 21.9. The number of ether oxygens (including phenoxy) is 1. The van der Waals surface area contributed by atoms with Gasteiger partial charge in [0, 0.05) is 13.1 Å². The van der Waals surface area contributed by atoms with Gasteiger partial charge in [0.1, 0.15) is 0 Å². The molecule has 1 amide bonds. The van der Waals surface area contributed by atoms with Crippen molar-refractivity contribution >= 4 is 11.9 Å². The van der Waals surface area contributed by atoms with Crippen LogP contribution >= 0.6 is 0 Å². The number of benzene rings is 1. The summed E-state index contributed by atoms with van der Waals surface area (Å²) in [6.45, 7) is 6.52. The molecule has 106 valence electrons. The van der Waals surface area contributed by atoms with E-state index in [-0.39, 0.29) is 11.9 Å². The average molecular weight is 273 g/mol. The molecule has 2 unspecified atom stereocenters. The molecule has 0 N–H and O–H groups in total. The molecule has 0 saturated carbocycles. The molecule has 0 radical (unpaired) electrons. The predicted molar refractivity (Wildman–Crippen MR) is 75.7 cm³/mol. The van der Waals surface area contributed by atoms with Gasteiger partial charge in [0.25, 0.3) is 0 Å². The minimum absolute atomic E-state index is 0.0447. The summed E-state index contributed by atoms with van der Waals surface area (Å²) in [5.74, 6) is -1.31. The summed E-state index contributed by atoms with van der Waals surface area (Å²) >= 11 is 0. The molecule has 0 aliphatic carbocycles. The van der Waals surface area contributed by atoms with Gasteiger partial charge < -0.3 is 9.64 Å². The number of carbonyl (C=O) groups excluding carboxylic acids is 2. The molecular formula is C16H19NO3. The minimum atomic E-state index is -0.467. The summed E-state index contributed by atoms with van der Waals surface area (Å²) in [6, 6.07) is 9.74. The van der Waals surface area contributed by atoms with Crippen molar-refractivity contribution in [1.82, 2.24) is 4.90 Å². The Bertz CT molecular complexity index is 524. The van der Waals surface area contributed by atoms with Crippen LogP contribution in [-0.2, 0) is 20.9 Å². The van der Waals surface area contributed by atoms with Crippen LogP contribution in [0.5, 0.6) is 0 Å². The zero-order valence-electron chi connectivity index (χ0n) is 11.8. The number of likely N-dealkylation sites (tertiary alicyclic amines) is 1. The maximum atomic E-state index is 12.4. The van der Waals surface area contributed by atoms with Crippen molar-refractivity contribution in [2.75, 3.05) is 13.7 Å². The lowest BCUT2D eigenvalue weighted by Gasteiger charge is -2.16. The second-order valence-corrected chi connectivity index (χ2v) is 5.16. The van der Waals surface area contributed by atoms with Crippen LogP contribution in [0, 0.1) is 11.8 Å². The number of methoxy groups -OCH3 is 1. The monoisotopic (exact) mass is 273 g/mol. The van der Waals surface area contributed by atoms with Crippen LogP contribution in [0.2, 0.25) is 0 Å². The Labute approximate surface area is 119 Å². The first-order valence-corrected chi connectivity index (χ1v) is 6.60. The van der Waals surface area contributed by atoms with Gasteiger partial charge in [0.05, 0.1) is 18.9 Å². The molecule has 0 bridgehead atoms. The Kier molecular flexibility index (Phi) is 4.23. The number of carbonyl (C=O) groups is 2. The van der Waals surface area contributed by atoms with Crippen molar-refractivity contribution in [2.45, 2.75) is 13.5 Å². The zero-order chi connectivity index (χ0) is 14.7. The average Bonchev–Trinajstić information content (AvgIpc) is 2.76. The molecule has 0 spiro atoms. The molecule has 1 aromatic rings. The number of nitrogens with zero attached hydrogens (tertiary/aromatic N) is 1. The Morgan fingerprint density at radius 3 is 2.60 bits per heavy atom. The molecule has 1 saturated heterocycles. The van der Waals surface area contributed by atoms with Gasteiger partial charge in [0.2, 0.25) is 5.91 Å². The fourth-order valence-electron chi connectivity index (χ4n) is 2.66. The molecule has 2 atom stereocenters.